The van der Waals surface area contributed by atoms with E-state index >= 15 is 0 Å². The van der Waals surface area contributed by atoms with E-state index in [1.54, 1.807) is 0 Å². The molecule has 1 heterocycles. The number of nitrogens with one attached hydrogen (secondary N) is 1. The van der Waals surface area contributed by atoms with Gasteiger partial charge in [0.2, 0.25) is 0 Å². The smallest absolute Gasteiger partial charge is 0.144 e. The van der Waals surface area contributed by atoms with Crippen LogP contribution in [0.2, 0.25) is 0 Å². The third-order valence-electron chi connectivity index (χ3n) is 3.52. The fraction of sp³-hybridized carbons (Fsp3) is 0.714. The third kappa shape index (κ3) is 3.95. The van der Waals surface area contributed by atoms with Crippen LogP contribution in [0.15, 0.2) is 12.4 Å². The number of rotatable bonds is 7. The van der Waals surface area contributed by atoms with Crippen molar-refractivity contribution in [1.82, 2.24) is 14.9 Å². The molecule has 0 spiro atoms. The third-order valence-corrected chi connectivity index (χ3v) is 3.52. The Labute approximate surface area is 110 Å². The van der Waals surface area contributed by atoms with E-state index in [2.05, 4.69) is 41.1 Å². The minimum absolute atomic E-state index is 0.874. The van der Waals surface area contributed by atoms with Crippen LogP contribution in [-0.2, 0) is 6.54 Å². The minimum atomic E-state index is 0.874. The number of hydrogen-bond acceptors (Lipinski definition) is 4. The fourth-order valence-electron chi connectivity index (χ4n) is 2.18. The van der Waals surface area contributed by atoms with Crippen LogP contribution in [-0.4, -0.2) is 35.0 Å². The van der Waals surface area contributed by atoms with E-state index in [-0.39, 0.29) is 0 Å². The molecule has 100 valence electrons. The van der Waals surface area contributed by atoms with Gasteiger partial charge in [0.05, 0.1) is 18.1 Å². The highest BCUT2D eigenvalue weighted by atomic mass is 15.1. The van der Waals surface area contributed by atoms with Gasteiger partial charge in [-0.2, -0.15) is 0 Å². The van der Waals surface area contributed by atoms with Crippen molar-refractivity contribution < 1.29 is 0 Å². The summed E-state index contributed by atoms with van der Waals surface area (Å²) in [6.07, 6.45) is 6.20. The molecule has 4 heteroatoms. The molecule has 0 amide bonds. The molecular formula is C14H24N4. The Hall–Kier alpha value is -1.16. The van der Waals surface area contributed by atoms with Gasteiger partial charge in [0, 0.05) is 19.6 Å². The number of nitrogens with zero attached hydrogens (tertiary/aromatic N) is 3. The number of anilines is 1. The van der Waals surface area contributed by atoms with E-state index in [9.17, 15) is 0 Å². The van der Waals surface area contributed by atoms with Crippen LogP contribution >= 0.6 is 0 Å². The van der Waals surface area contributed by atoms with Crippen LogP contribution in [0.1, 0.15) is 32.4 Å². The Kier molecular flexibility index (Phi) is 4.53. The van der Waals surface area contributed by atoms with Crippen LogP contribution in [0.3, 0.4) is 0 Å². The Morgan fingerprint density at radius 2 is 2.17 bits per heavy atom. The first-order valence-corrected chi connectivity index (χ1v) is 6.92. The van der Waals surface area contributed by atoms with Crippen molar-refractivity contribution in [2.45, 2.75) is 33.2 Å². The van der Waals surface area contributed by atoms with Crippen LogP contribution in [0.25, 0.3) is 0 Å². The standard InChI is InChI=1S/C14H24N4/c1-4-5-15-14-8-16-13(7-17-14)10-18(3)9-12-6-11(12)2/h7-8,11-12H,4-6,9-10H2,1-3H3,(H,15,17). The van der Waals surface area contributed by atoms with Crippen molar-refractivity contribution in [2.24, 2.45) is 11.8 Å². The molecule has 0 bridgehead atoms. The summed E-state index contributed by atoms with van der Waals surface area (Å²) in [6.45, 7) is 7.49. The first-order chi connectivity index (χ1) is 8.69. The second-order valence-corrected chi connectivity index (χ2v) is 5.49. The van der Waals surface area contributed by atoms with Gasteiger partial charge in [-0.3, -0.25) is 4.98 Å². The predicted molar refractivity (Wildman–Crippen MR) is 74.4 cm³/mol. The van der Waals surface area contributed by atoms with Gasteiger partial charge >= 0.3 is 0 Å². The lowest BCUT2D eigenvalue weighted by Gasteiger charge is -2.15. The van der Waals surface area contributed by atoms with Gasteiger partial charge in [-0.1, -0.05) is 13.8 Å². The summed E-state index contributed by atoms with van der Waals surface area (Å²) in [4.78, 5) is 11.2. The van der Waals surface area contributed by atoms with Gasteiger partial charge in [0.15, 0.2) is 0 Å². The maximum Gasteiger partial charge on any atom is 0.144 e. The Morgan fingerprint density at radius 1 is 1.39 bits per heavy atom. The molecule has 2 rings (SSSR count). The largest absolute Gasteiger partial charge is 0.369 e. The Bertz CT molecular complexity index is 363. The first-order valence-electron chi connectivity index (χ1n) is 6.92. The van der Waals surface area contributed by atoms with Gasteiger partial charge in [-0.05, 0) is 31.7 Å². The quantitative estimate of drug-likeness (QED) is 0.804. The Balaban J connectivity index is 1.78. The van der Waals surface area contributed by atoms with Crippen LogP contribution in [0, 0.1) is 11.8 Å². The summed E-state index contributed by atoms with van der Waals surface area (Å²) in [7, 11) is 2.16. The normalized spacial score (nSPS) is 22.2. The van der Waals surface area contributed by atoms with Crippen molar-refractivity contribution in [1.29, 1.82) is 0 Å². The summed E-state index contributed by atoms with van der Waals surface area (Å²) in [6, 6.07) is 0. The average Bonchev–Trinajstić information content (AvgIpc) is 3.04. The molecule has 1 fully saturated rings. The molecule has 0 saturated heterocycles. The SMILES string of the molecule is CCCNc1cnc(CN(C)CC2CC2C)cn1. The summed E-state index contributed by atoms with van der Waals surface area (Å²) in [5, 5.41) is 3.24. The lowest BCUT2D eigenvalue weighted by Crippen LogP contribution is -2.21. The van der Waals surface area contributed by atoms with Gasteiger partial charge in [0.1, 0.15) is 5.82 Å². The highest BCUT2D eigenvalue weighted by molar-refractivity contribution is 5.30. The molecule has 1 aromatic rings. The molecule has 1 aliphatic rings. The lowest BCUT2D eigenvalue weighted by atomic mass is 10.3. The van der Waals surface area contributed by atoms with Gasteiger partial charge in [-0.25, -0.2) is 4.98 Å². The summed E-state index contributed by atoms with van der Waals surface area (Å²) in [5.41, 5.74) is 1.05. The highest BCUT2D eigenvalue weighted by Crippen LogP contribution is 2.38. The molecule has 1 aliphatic carbocycles. The van der Waals surface area contributed by atoms with Crippen molar-refractivity contribution >= 4 is 5.82 Å². The zero-order chi connectivity index (χ0) is 13.0. The topological polar surface area (TPSA) is 41.1 Å². The molecule has 1 N–H and O–H groups in total. The number of aromatic nitrogens is 2. The number of hydrogen-bond donors (Lipinski definition) is 1. The molecule has 2 atom stereocenters. The van der Waals surface area contributed by atoms with Crippen molar-refractivity contribution in [3.05, 3.63) is 18.1 Å². The molecule has 4 nitrogen and oxygen atoms in total. The van der Waals surface area contributed by atoms with Gasteiger partial charge < -0.3 is 10.2 Å². The summed E-state index contributed by atoms with van der Waals surface area (Å²) in [5.74, 6) is 2.69. The Morgan fingerprint density at radius 3 is 2.72 bits per heavy atom. The maximum absolute atomic E-state index is 4.45. The molecule has 0 aliphatic heterocycles. The second-order valence-electron chi connectivity index (χ2n) is 5.49. The molecule has 1 aromatic heterocycles. The zero-order valence-corrected chi connectivity index (χ0v) is 11.7. The van der Waals surface area contributed by atoms with Crippen molar-refractivity contribution in [3.8, 4) is 0 Å². The molecular weight excluding hydrogens is 224 g/mol. The second kappa shape index (κ2) is 6.14. The van der Waals surface area contributed by atoms with Crippen molar-refractivity contribution in [2.75, 3.05) is 25.5 Å². The monoisotopic (exact) mass is 248 g/mol. The van der Waals surface area contributed by atoms with Gasteiger partial charge in [0.25, 0.3) is 0 Å². The minimum Gasteiger partial charge on any atom is -0.369 e. The van der Waals surface area contributed by atoms with E-state index in [0.29, 0.717) is 0 Å². The van der Waals surface area contributed by atoms with Crippen molar-refractivity contribution in [3.63, 3.8) is 0 Å². The lowest BCUT2D eigenvalue weighted by molar-refractivity contribution is 0.303. The molecule has 0 aromatic carbocycles. The highest BCUT2D eigenvalue weighted by Gasteiger charge is 2.33. The van der Waals surface area contributed by atoms with Crippen LogP contribution in [0.5, 0.6) is 0 Å². The average molecular weight is 248 g/mol. The van der Waals surface area contributed by atoms with E-state index in [4.69, 9.17) is 0 Å². The van der Waals surface area contributed by atoms with E-state index < -0.39 is 0 Å². The van der Waals surface area contributed by atoms with E-state index in [1.165, 1.54) is 13.0 Å². The molecule has 0 radical (unpaired) electrons. The van der Waals surface area contributed by atoms with E-state index in [1.807, 2.05) is 12.4 Å². The predicted octanol–water partition coefficient (Wildman–Crippen LogP) is 2.39. The van der Waals surface area contributed by atoms with Crippen LogP contribution < -0.4 is 5.32 Å². The van der Waals surface area contributed by atoms with E-state index in [0.717, 1.165) is 42.9 Å². The summed E-state index contributed by atoms with van der Waals surface area (Å²) >= 11 is 0. The maximum atomic E-state index is 4.45. The first kappa shape index (κ1) is 13.3. The van der Waals surface area contributed by atoms with Crippen LogP contribution in [0.4, 0.5) is 5.82 Å². The molecule has 18 heavy (non-hydrogen) atoms. The van der Waals surface area contributed by atoms with Gasteiger partial charge in [-0.15, -0.1) is 0 Å². The molecule has 1 saturated carbocycles. The molecule has 2 unspecified atom stereocenters. The zero-order valence-electron chi connectivity index (χ0n) is 11.7. The summed E-state index contributed by atoms with van der Waals surface area (Å²) < 4.78 is 0. The fourth-order valence-corrected chi connectivity index (χ4v) is 2.18.